The number of hydrogen-bond donors (Lipinski definition) is 1. The van der Waals surface area contributed by atoms with E-state index in [0.29, 0.717) is 18.8 Å². The maximum absolute atomic E-state index is 12.6. The van der Waals surface area contributed by atoms with Crippen LogP contribution in [0, 0.1) is 0 Å². The summed E-state index contributed by atoms with van der Waals surface area (Å²) in [7, 11) is -4.79. The van der Waals surface area contributed by atoms with Gasteiger partial charge in [0.1, 0.15) is 12.4 Å². The monoisotopic (exact) mass is 653 g/mol. The maximum Gasteiger partial charge on any atom is 0.220 e. The van der Waals surface area contributed by atoms with Crippen molar-refractivity contribution in [2.24, 2.45) is 0 Å². The van der Waals surface area contributed by atoms with Crippen molar-refractivity contribution in [1.29, 1.82) is 0 Å². The predicted octanol–water partition coefficient (Wildman–Crippen LogP) is 8.98. The molecular formula is C39H60NO5P-2. The van der Waals surface area contributed by atoms with Crippen molar-refractivity contribution in [2.75, 3.05) is 6.16 Å². The molecule has 2 rings (SSSR count). The van der Waals surface area contributed by atoms with Crippen LogP contribution in [0.4, 0.5) is 0 Å². The van der Waals surface area contributed by atoms with E-state index in [-0.39, 0.29) is 12.3 Å². The number of unbranched alkanes of at least 4 members (excludes halogenated alkanes) is 13. The van der Waals surface area contributed by atoms with E-state index in [1.807, 2.05) is 24.3 Å². The third-order valence-electron chi connectivity index (χ3n) is 8.38. The number of rotatable bonds is 27. The summed E-state index contributed by atoms with van der Waals surface area (Å²) >= 11 is 0. The number of benzene rings is 2. The molecule has 1 atom stereocenters. The van der Waals surface area contributed by atoms with Crippen molar-refractivity contribution in [3.05, 3.63) is 77.4 Å². The highest BCUT2D eigenvalue weighted by Crippen LogP contribution is 2.26. The first-order chi connectivity index (χ1) is 22.3. The third kappa shape index (κ3) is 20.7. The quantitative estimate of drug-likeness (QED) is 0.0589. The molecule has 7 heteroatoms. The van der Waals surface area contributed by atoms with Crippen LogP contribution in [0.5, 0.6) is 5.75 Å². The second-order valence-electron chi connectivity index (χ2n) is 12.8. The molecule has 0 unspecified atom stereocenters. The van der Waals surface area contributed by atoms with Gasteiger partial charge in [-0.15, -0.1) is 0 Å². The zero-order chi connectivity index (χ0) is 33.3. The summed E-state index contributed by atoms with van der Waals surface area (Å²) in [5.74, 6) is 0.506. The summed E-state index contributed by atoms with van der Waals surface area (Å²) in [6.07, 6.45) is 24.8. The Morgan fingerprint density at radius 3 is 1.85 bits per heavy atom. The van der Waals surface area contributed by atoms with E-state index in [4.69, 9.17) is 4.74 Å². The molecule has 2 aromatic rings. The largest absolute Gasteiger partial charge is 0.811 e. The lowest BCUT2D eigenvalue weighted by Crippen LogP contribution is -2.41. The first-order valence-electron chi connectivity index (χ1n) is 18.0. The van der Waals surface area contributed by atoms with Crippen LogP contribution >= 0.6 is 7.60 Å². The molecule has 2 aromatic carbocycles. The van der Waals surface area contributed by atoms with Gasteiger partial charge in [0, 0.05) is 12.5 Å². The second kappa shape index (κ2) is 24.7. The van der Waals surface area contributed by atoms with Crippen molar-refractivity contribution < 1.29 is 23.9 Å². The van der Waals surface area contributed by atoms with E-state index >= 15 is 0 Å². The molecule has 0 aliphatic rings. The summed E-state index contributed by atoms with van der Waals surface area (Å²) in [5, 5.41) is 2.80. The van der Waals surface area contributed by atoms with Crippen LogP contribution in [0.2, 0.25) is 0 Å². The van der Waals surface area contributed by atoms with Gasteiger partial charge in [-0.25, -0.2) is 0 Å². The van der Waals surface area contributed by atoms with Gasteiger partial charge in [-0.3, -0.25) is 4.79 Å². The standard InChI is InChI=1S/C39H62NO5P/c1-3-5-7-8-9-10-11-12-13-14-15-16-17-18-20-22-39(41)40-37(33-46(42,43)44)31-35-27-29-38(30-28-35)45-32-36-25-23-34(24-26-36)21-19-6-4-2/h12-13,23-30,37H,3-11,14-22,31-33H2,1-2H3,(H,40,41)(H2,42,43,44)/p-2/b13-12-/t37-/m1/s1. The van der Waals surface area contributed by atoms with Crippen LogP contribution in [0.15, 0.2) is 60.7 Å². The Morgan fingerprint density at radius 2 is 1.24 bits per heavy atom. The van der Waals surface area contributed by atoms with Gasteiger partial charge in [-0.1, -0.05) is 134 Å². The number of hydrogen-bond acceptors (Lipinski definition) is 5. The van der Waals surface area contributed by atoms with Crippen molar-refractivity contribution in [3.8, 4) is 5.75 Å². The highest BCUT2D eigenvalue weighted by molar-refractivity contribution is 7.48. The van der Waals surface area contributed by atoms with Crippen molar-refractivity contribution in [3.63, 3.8) is 0 Å². The summed E-state index contributed by atoms with van der Waals surface area (Å²) < 4.78 is 17.5. The van der Waals surface area contributed by atoms with Crippen LogP contribution in [-0.2, 0) is 28.8 Å². The molecule has 0 fully saturated rings. The van der Waals surface area contributed by atoms with Gasteiger partial charge in [0.05, 0.1) is 0 Å². The minimum atomic E-state index is -4.79. The number of amides is 1. The van der Waals surface area contributed by atoms with Gasteiger partial charge in [0.15, 0.2) is 0 Å². The van der Waals surface area contributed by atoms with Crippen LogP contribution in [0.3, 0.4) is 0 Å². The lowest BCUT2D eigenvalue weighted by molar-refractivity contribution is -0.313. The van der Waals surface area contributed by atoms with E-state index in [2.05, 4.69) is 55.6 Å². The Morgan fingerprint density at radius 1 is 0.717 bits per heavy atom. The van der Waals surface area contributed by atoms with Gasteiger partial charge < -0.3 is 24.4 Å². The molecule has 0 aliphatic carbocycles. The molecular weight excluding hydrogens is 593 g/mol. The van der Waals surface area contributed by atoms with Gasteiger partial charge in [-0.05, 0) is 86.4 Å². The van der Waals surface area contributed by atoms with E-state index in [1.54, 1.807) is 0 Å². The summed E-state index contributed by atoms with van der Waals surface area (Å²) in [6.45, 7) is 4.92. The molecule has 0 spiro atoms. The normalized spacial score (nSPS) is 12.4. The lowest BCUT2D eigenvalue weighted by Gasteiger charge is -2.34. The maximum atomic E-state index is 12.6. The van der Waals surface area contributed by atoms with Gasteiger partial charge in [0.25, 0.3) is 0 Å². The Labute approximate surface area is 280 Å². The third-order valence-corrected chi connectivity index (χ3v) is 9.27. The van der Waals surface area contributed by atoms with Crippen LogP contribution in [-0.4, -0.2) is 18.1 Å². The second-order valence-corrected chi connectivity index (χ2v) is 14.4. The summed E-state index contributed by atoms with van der Waals surface area (Å²) in [6, 6.07) is 15.2. The topological polar surface area (TPSA) is 102 Å². The Kier molecular flexibility index (Phi) is 21.4. The Bertz CT molecular complexity index is 1130. The summed E-state index contributed by atoms with van der Waals surface area (Å²) in [4.78, 5) is 35.7. The van der Waals surface area contributed by atoms with E-state index < -0.39 is 19.8 Å². The minimum Gasteiger partial charge on any atom is -0.811 e. The lowest BCUT2D eigenvalue weighted by atomic mass is 10.1. The molecule has 0 aliphatic heterocycles. The van der Waals surface area contributed by atoms with E-state index in [9.17, 15) is 19.1 Å². The molecule has 258 valence electrons. The van der Waals surface area contributed by atoms with E-state index in [0.717, 1.165) is 49.7 Å². The van der Waals surface area contributed by atoms with E-state index in [1.165, 1.54) is 76.2 Å². The molecule has 0 saturated heterocycles. The van der Waals surface area contributed by atoms with Crippen molar-refractivity contribution >= 4 is 13.5 Å². The molecule has 0 bridgehead atoms. The van der Waals surface area contributed by atoms with Gasteiger partial charge in [-0.2, -0.15) is 0 Å². The smallest absolute Gasteiger partial charge is 0.220 e. The fourth-order valence-corrected chi connectivity index (χ4v) is 6.40. The molecule has 0 radical (unpaired) electrons. The number of nitrogens with one attached hydrogen (secondary N) is 1. The first-order valence-corrected chi connectivity index (χ1v) is 19.8. The number of ether oxygens (including phenoxy) is 1. The fraction of sp³-hybridized carbons (Fsp3) is 0.615. The van der Waals surface area contributed by atoms with Crippen LogP contribution < -0.4 is 19.8 Å². The number of carbonyl (C=O) groups is 1. The summed E-state index contributed by atoms with van der Waals surface area (Å²) in [5.41, 5.74) is 3.28. The molecule has 6 nitrogen and oxygen atoms in total. The Balaban J connectivity index is 1.65. The van der Waals surface area contributed by atoms with Crippen LogP contribution in [0.25, 0.3) is 0 Å². The van der Waals surface area contributed by atoms with Crippen molar-refractivity contribution in [2.45, 2.75) is 148 Å². The SMILES string of the molecule is CCCCCCCC/C=C\CCCCCCCC(=O)N[C@H](Cc1ccc(OCc2ccc(CCCCC)cc2)cc1)CP(=O)([O-])[O-]. The average molecular weight is 654 g/mol. The minimum absolute atomic E-state index is 0.201. The van der Waals surface area contributed by atoms with Gasteiger partial charge in [0.2, 0.25) is 5.91 Å². The van der Waals surface area contributed by atoms with Gasteiger partial charge >= 0.3 is 0 Å². The van der Waals surface area contributed by atoms with Crippen LogP contribution in [0.1, 0.15) is 140 Å². The molecule has 1 amide bonds. The highest BCUT2D eigenvalue weighted by atomic mass is 31.2. The zero-order valence-corrected chi connectivity index (χ0v) is 29.6. The molecule has 0 aromatic heterocycles. The number of allylic oxidation sites excluding steroid dienone is 2. The molecule has 0 saturated carbocycles. The number of carbonyl (C=O) groups excluding carboxylic acids is 1. The first kappa shape index (κ1) is 39.8. The highest BCUT2D eigenvalue weighted by Gasteiger charge is 2.15. The zero-order valence-electron chi connectivity index (χ0n) is 28.7. The average Bonchev–Trinajstić information content (AvgIpc) is 3.02. The van der Waals surface area contributed by atoms with Crippen molar-refractivity contribution in [1.82, 2.24) is 5.32 Å². The molecule has 46 heavy (non-hydrogen) atoms. The number of aryl methyl sites for hydroxylation is 1. The fourth-order valence-electron chi connectivity index (χ4n) is 5.64. The molecule has 1 N–H and O–H groups in total. The Hall–Kier alpha value is -2.40. The predicted molar refractivity (Wildman–Crippen MR) is 188 cm³/mol. The molecule has 0 heterocycles.